The molecular weight excluding hydrogens is 375 g/mol. The summed E-state index contributed by atoms with van der Waals surface area (Å²) in [6.45, 7) is 0.701. The summed E-state index contributed by atoms with van der Waals surface area (Å²) in [5.41, 5.74) is 0.310. The number of piperidine rings is 1. The second-order valence-corrected chi connectivity index (χ2v) is 7.55. The minimum absolute atomic E-state index is 0.111. The van der Waals surface area contributed by atoms with E-state index in [9.17, 15) is 19.1 Å². The lowest BCUT2D eigenvalue weighted by Crippen LogP contribution is -2.60. The van der Waals surface area contributed by atoms with Crippen molar-refractivity contribution in [3.63, 3.8) is 0 Å². The fourth-order valence-corrected chi connectivity index (χ4v) is 4.45. The molecule has 0 bridgehead atoms. The van der Waals surface area contributed by atoms with E-state index >= 15 is 0 Å². The van der Waals surface area contributed by atoms with E-state index in [-0.39, 0.29) is 24.4 Å². The standard InChI is InChI=1S/C22H23FN2O4/c23-18-5-2-1-4-16(18)14-29-17-8-6-15(7-9-17)19-10-12-22(25(19)21(27)28)11-3-13-24-20(22)26/h1-2,4-9,19H,3,10-14H2,(H,24,26)(H,27,28)/t19-,22+/m1/s1. The average Bonchev–Trinajstić information content (AvgIpc) is 3.10. The monoisotopic (exact) mass is 398 g/mol. The molecule has 2 fully saturated rings. The van der Waals surface area contributed by atoms with Gasteiger partial charge in [0.25, 0.3) is 0 Å². The lowest BCUT2D eigenvalue weighted by Gasteiger charge is -2.40. The molecule has 0 radical (unpaired) electrons. The average molecular weight is 398 g/mol. The van der Waals surface area contributed by atoms with Crippen molar-refractivity contribution in [2.24, 2.45) is 0 Å². The Kier molecular flexibility index (Phi) is 5.13. The Morgan fingerprint density at radius 2 is 1.97 bits per heavy atom. The zero-order valence-corrected chi connectivity index (χ0v) is 15.9. The molecule has 152 valence electrons. The van der Waals surface area contributed by atoms with Crippen LogP contribution < -0.4 is 10.1 Å². The van der Waals surface area contributed by atoms with Crippen LogP contribution in [0.25, 0.3) is 0 Å². The number of rotatable bonds is 4. The quantitative estimate of drug-likeness (QED) is 0.820. The highest BCUT2D eigenvalue weighted by molar-refractivity contribution is 5.91. The van der Waals surface area contributed by atoms with Crippen molar-refractivity contribution in [3.8, 4) is 5.75 Å². The Balaban J connectivity index is 1.50. The number of carbonyl (C=O) groups is 2. The Bertz CT molecular complexity index is 917. The third-order valence-electron chi connectivity index (χ3n) is 5.90. The van der Waals surface area contributed by atoms with Gasteiger partial charge in [0.15, 0.2) is 0 Å². The van der Waals surface area contributed by atoms with E-state index in [2.05, 4.69) is 5.32 Å². The van der Waals surface area contributed by atoms with Gasteiger partial charge in [-0.2, -0.15) is 0 Å². The number of hydrogen-bond acceptors (Lipinski definition) is 3. The van der Waals surface area contributed by atoms with Crippen LogP contribution in [0.3, 0.4) is 0 Å². The van der Waals surface area contributed by atoms with E-state index in [0.29, 0.717) is 37.1 Å². The molecule has 2 atom stereocenters. The topological polar surface area (TPSA) is 78.9 Å². The van der Waals surface area contributed by atoms with Gasteiger partial charge in [-0.1, -0.05) is 30.3 Å². The summed E-state index contributed by atoms with van der Waals surface area (Å²) in [6, 6.07) is 13.2. The molecule has 0 unspecified atom stereocenters. The Morgan fingerprint density at radius 3 is 2.66 bits per heavy atom. The van der Waals surface area contributed by atoms with Gasteiger partial charge in [-0.05, 0) is 49.4 Å². The molecule has 2 aromatic rings. The lowest BCUT2D eigenvalue weighted by molar-refractivity contribution is -0.134. The maximum absolute atomic E-state index is 13.7. The zero-order chi connectivity index (χ0) is 20.4. The van der Waals surface area contributed by atoms with E-state index in [1.54, 1.807) is 30.3 Å². The number of hydrogen-bond donors (Lipinski definition) is 2. The predicted octanol–water partition coefficient (Wildman–Crippen LogP) is 3.87. The highest BCUT2D eigenvalue weighted by Gasteiger charge is 2.55. The van der Waals surface area contributed by atoms with Crippen molar-refractivity contribution < 1.29 is 23.8 Å². The summed E-state index contributed by atoms with van der Waals surface area (Å²) in [7, 11) is 0. The van der Waals surface area contributed by atoms with Gasteiger partial charge in [-0.15, -0.1) is 0 Å². The molecule has 0 aliphatic carbocycles. The van der Waals surface area contributed by atoms with Gasteiger partial charge < -0.3 is 15.2 Å². The highest BCUT2D eigenvalue weighted by Crippen LogP contribution is 2.46. The molecule has 2 aliphatic rings. The SMILES string of the molecule is O=C(O)N1[C@@H](c2ccc(OCc3ccccc3F)cc2)CC[C@]12CCCNC2=O. The van der Waals surface area contributed by atoms with Crippen LogP contribution in [0, 0.1) is 5.82 Å². The molecule has 6 nitrogen and oxygen atoms in total. The third-order valence-corrected chi connectivity index (χ3v) is 5.90. The summed E-state index contributed by atoms with van der Waals surface area (Å²) in [5, 5.41) is 12.7. The number of carboxylic acid groups (broad SMARTS) is 1. The first-order valence-corrected chi connectivity index (χ1v) is 9.78. The molecule has 2 saturated heterocycles. The van der Waals surface area contributed by atoms with E-state index in [1.165, 1.54) is 11.0 Å². The Labute approximate surface area is 168 Å². The van der Waals surface area contributed by atoms with Crippen LogP contribution in [0.4, 0.5) is 9.18 Å². The first kappa shape index (κ1) is 19.2. The molecule has 7 heteroatoms. The first-order chi connectivity index (χ1) is 14.0. The van der Waals surface area contributed by atoms with E-state index < -0.39 is 11.6 Å². The number of benzene rings is 2. The van der Waals surface area contributed by atoms with Gasteiger partial charge in [0.2, 0.25) is 5.91 Å². The van der Waals surface area contributed by atoms with Crippen LogP contribution >= 0.6 is 0 Å². The molecule has 2 aliphatic heterocycles. The predicted molar refractivity (Wildman–Crippen MR) is 104 cm³/mol. The van der Waals surface area contributed by atoms with Crippen molar-refractivity contribution in [2.75, 3.05) is 6.54 Å². The Morgan fingerprint density at radius 1 is 1.21 bits per heavy atom. The van der Waals surface area contributed by atoms with Crippen LogP contribution in [-0.2, 0) is 11.4 Å². The normalized spacial score (nSPS) is 23.8. The molecular formula is C22H23FN2O4. The fourth-order valence-electron chi connectivity index (χ4n) is 4.45. The van der Waals surface area contributed by atoms with Gasteiger partial charge in [-0.25, -0.2) is 9.18 Å². The second-order valence-electron chi connectivity index (χ2n) is 7.55. The number of amides is 2. The second kappa shape index (κ2) is 7.73. The largest absolute Gasteiger partial charge is 0.489 e. The molecule has 4 rings (SSSR count). The number of halogens is 1. The number of ether oxygens (including phenoxy) is 1. The number of likely N-dealkylation sites (tertiary alicyclic amines) is 1. The molecule has 2 aromatic carbocycles. The Hall–Kier alpha value is -3.09. The molecule has 2 amide bonds. The van der Waals surface area contributed by atoms with E-state index in [0.717, 1.165) is 12.0 Å². The minimum Gasteiger partial charge on any atom is -0.489 e. The third kappa shape index (κ3) is 3.52. The molecule has 2 heterocycles. The van der Waals surface area contributed by atoms with Crippen LogP contribution in [-0.4, -0.2) is 34.1 Å². The highest BCUT2D eigenvalue weighted by atomic mass is 19.1. The maximum Gasteiger partial charge on any atom is 0.408 e. The number of nitrogens with one attached hydrogen (secondary N) is 1. The smallest absolute Gasteiger partial charge is 0.408 e. The van der Waals surface area contributed by atoms with Crippen LogP contribution in [0.2, 0.25) is 0 Å². The zero-order valence-electron chi connectivity index (χ0n) is 15.9. The molecule has 2 N–H and O–H groups in total. The fraction of sp³-hybridized carbons (Fsp3) is 0.364. The molecule has 0 aromatic heterocycles. The van der Waals surface area contributed by atoms with Crippen LogP contribution in [0.15, 0.2) is 48.5 Å². The summed E-state index contributed by atoms with van der Waals surface area (Å²) in [5.74, 6) is 0.0590. The maximum atomic E-state index is 13.7. The first-order valence-electron chi connectivity index (χ1n) is 9.78. The van der Waals surface area contributed by atoms with Crippen LogP contribution in [0.5, 0.6) is 5.75 Å². The molecule has 29 heavy (non-hydrogen) atoms. The van der Waals surface area contributed by atoms with Crippen molar-refractivity contribution >= 4 is 12.0 Å². The van der Waals surface area contributed by atoms with Gasteiger partial charge in [0.1, 0.15) is 23.7 Å². The van der Waals surface area contributed by atoms with Gasteiger partial charge in [0, 0.05) is 12.1 Å². The van der Waals surface area contributed by atoms with E-state index in [4.69, 9.17) is 4.74 Å². The van der Waals surface area contributed by atoms with Gasteiger partial charge in [0.05, 0.1) is 6.04 Å². The number of nitrogens with zero attached hydrogens (tertiary/aromatic N) is 1. The summed E-state index contributed by atoms with van der Waals surface area (Å²) in [4.78, 5) is 25.9. The molecule has 0 saturated carbocycles. The van der Waals surface area contributed by atoms with Crippen LogP contribution in [0.1, 0.15) is 42.9 Å². The van der Waals surface area contributed by atoms with E-state index in [1.807, 2.05) is 12.1 Å². The minimum atomic E-state index is -1.08. The number of carbonyl (C=O) groups excluding carboxylic acids is 1. The van der Waals surface area contributed by atoms with Gasteiger partial charge in [-0.3, -0.25) is 9.69 Å². The van der Waals surface area contributed by atoms with Crippen molar-refractivity contribution in [1.82, 2.24) is 10.2 Å². The lowest BCUT2D eigenvalue weighted by atomic mass is 9.87. The van der Waals surface area contributed by atoms with Crippen molar-refractivity contribution in [2.45, 2.75) is 43.9 Å². The summed E-state index contributed by atoms with van der Waals surface area (Å²) in [6.07, 6.45) is 1.34. The van der Waals surface area contributed by atoms with Crippen molar-refractivity contribution in [1.29, 1.82) is 0 Å². The molecule has 1 spiro atoms. The van der Waals surface area contributed by atoms with Gasteiger partial charge >= 0.3 is 6.09 Å². The summed E-state index contributed by atoms with van der Waals surface area (Å²) < 4.78 is 19.4. The summed E-state index contributed by atoms with van der Waals surface area (Å²) >= 11 is 0. The van der Waals surface area contributed by atoms with Crippen molar-refractivity contribution in [3.05, 3.63) is 65.5 Å².